The van der Waals surface area contributed by atoms with Gasteiger partial charge in [0, 0.05) is 5.69 Å². The van der Waals surface area contributed by atoms with Gasteiger partial charge >= 0.3 is 0 Å². The minimum atomic E-state index is -1.07. The minimum Gasteiger partial charge on any atom is -0.387 e. The van der Waals surface area contributed by atoms with Crippen molar-refractivity contribution in [3.8, 4) is 0 Å². The van der Waals surface area contributed by atoms with Crippen LogP contribution in [0.25, 0.3) is 0 Å². The summed E-state index contributed by atoms with van der Waals surface area (Å²) in [6.45, 7) is 2.40. The summed E-state index contributed by atoms with van der Waals surface area (Å²) in [6.07, 6.45) is -2.38. The molecular weight excluding hydrogens is 286 g/mol. The molecule has 3 rings (SSSR count). The lowest BCUT2D eigenvalue weighted by molar-refractivity contribution is -0.322. The number of fused-ring (bicyclic) bond motifs is 1. The van der Waals surface area contributed by atoms with E-state index in [9.17, 15) is 10.2 Å². The Morgan fingerprint density at radius 2 is 1.91 bits per heavy atom. The summed E-state index contributed by atoms with van der Waals surface area (Å²) in [4.78, 5) is 0. The van der Waals surface area contributed by atoms with Crippen molar-refractivity contribution in [1.29, 1.82) is 0 Å². The molecule has 0 saturated carbocycles. The monoisotopic (exact) mass is 309 g/mol. The van der Waals surface area contributed by atoms with E-state index in [4.69, 9.17) is 14.2 Å². The van der Waals surface area contributed by atoms with Crippen LogP contribution in [0.15, 0.2) is 30.3 Å². The molecule has 122 valence electrons. The van der Waals surface area contributed by atoms with E-state index < -0.39 is 30.6 Å². The van der Waals surface area contributed by atoms with Gasteiger partial charge in [-0.2, -0.15) is 0 Å². The highest BCUT2D eigenvalue weighted by Crippen LogP contribution is 2.30. The lowest BCUT2D eigenvalue weighted by Crippen LogP contribution is -2.64. The molecule has 2 aliphatic heterocycles. The highest BCUT2D eigenvalue weighted by atomic mass is 16.7. The molecule has 0 bridgehead atoms. The van der Waals surface area contributed by atoms with E-state index in [-0.39, 0.29) is 6.29 Å². The molecule has 2 heterocycles. The number of benzene rings is 1. The lowest BCUT2D eigenvalue weighted by atomic mass is 9.97. The summed E-state index contributed by atoms with van der Waals surface area (Å²) < 4.78 is 17.2. The highest BCUT2D eigenvalue weighted by Gasteiger charge is 2.48. The number of aliphatic hydroxyl groups is 2. The molecule has 0 aliphatic carbocycles. The van der Waals surface area contributed by atoms with Crippen LogP contribution in [0, 0.1) is 0 Å². The van der Waals surface area contributed by atoms with E-state index >= 15 is 0 Å². The van der Waals surface area contributed by atoms with E-state index in [0.29, 0.717) is 6.61 Å². The van der Waals surface area contributed by atoms with E-state index in [1.165, 1.54) is 0 Å². The first-order valence-corrected chi connectivity index (χ1v) is 7.79. The predicted molar refractivity (Wildman–Crippen MR) is 80.3 cm³/mol. The van der Waals surface area contributed by atoms with Gasteiger partial charge in [0.2, 0.25) is 0 Å². The van der Waals surface area contributed by atoms with Gasteiger partial charge in [-0.1, -0.05) is 31.5 Å². The summed E-state index contributed by atoms with van der Waals surface area (Å²) in [7, 11) is 0. The van der Waals surface area contributed by atoms with Gasteiger partial charge in [-0.25, -0.2) is 0 Å². The molecule has 2 fully saturated rings. The Morgan fingerprint density at radius 1 is 1.14 bits per heavy atom. The average Bonchev–Trinajstić information content (AvgIpc) is 2.54. The highest BCUT2D eigenvalue weighted by molar-refractivity contribution is 5.43. The third-order valence-electron chi connectivity index (χ3n) is 4.05. The van der Waals surface area contributed by atoms with E-state index in [2.05, 4.69) is 5.32 Å². The molecule has 2 aliphatic rings. The zero-order chi connectivity index (χ0) is 15.5. The molecule has 6 heteroatoms. The second-order valence-electron chi connectivity index (χ2n) is 5.74. The Kier molecular flexibility index (Phi) is 4.95. The molecule has 22 heavy (non-hydrogen) atoms. The molecule has 1 aromatic carbocycles. The zero-order valence-electron chi connectivity index (χ0n) is 12.6. The van der Waals surface area contributed by atoms with Crippen molar-refractivity contribution < 1.29 is 24.4 Å². The van der Waals surface area contributed by atoms with Crippen molar-refractivity contribution in [3.63, 3.8) is 0 Å². The molecule has 0 aromatic heterocycles. The first kappa shape index (κ1) is 15.7. The van der Waals surface area contributed by atoms with E-state index in [0.717, 1.165) is 18.5 Å². The molecule has 2 saturated heterocycles. The third-order valence-corrected chi connectivity index (χ3v) is 4.05. The van der Waals surface area contributed by atoms with Gasteiger partial charge in [-0.05, 0) is 18.6 Å². The van der Waals surface area contributed by atoms with E-state index in [1.54, 1.807) is 0 Å². The molecule has 1 aromatic rings. The summed E-state index contributed by atoms with van der Waals surface area (Å²) in [6, 6.07) is 9.43. The maximum Gasteiger partial charge on any atom is 0.158 e. The topological polar surface area (TPSA) is 80.2 Å². The van der Waals surface area contributed by atoms with Gasteiger partial charge in [-0.15, -0.1) is 0 Å². The molecule has 6 nitrogen and oxygen atoms in total. The predicted octanol–water partition coefficient (Wildman–Crippen LogP) is 1.09. The van der Waals surface area contributed by atoms with Crippen molar-refractivity contribution in [3.05, 3.63) is 30.3 Å². The summed E-state index contributed by atoms with van der Waals surface area (Å²) in [5, 5.41) is 23.7. The van der Waals surface area contributed by atoms with Gasteiger partial charge < -0.3 is 29.7 Å². The van der Waals surface area contributed by atoms with Gasteiger partial charge in [-0.3, -0.25) is 0 Å². The molecule has 0 unspecified atom stereocenters. The van der Waals surface area contributed by atoms with E-state index in [1.807, 2.05) is 37.3 Å². The lowest BCUT2D eigenvalue weighted by Gasteiger charge is -2.46. The Morgan fingerprint density at radius 3 is 2.64 bits per heavy atom. The van der Waals surface area contributed by atoms with Crippen LogP contribution in [0.4, 0.5) is 5.69 Å². The standard InChI is InChI=1S/C16H23NO5/c1-2-6-12-20-9-11-15(22-12)13(18)14(19)16(21-11)17-10-7-4-3-5-8-10/h3-5,7-8,11-19H,2,6,9H2,1H3/t11-,12+,13+,14-,15+,16+/m0/s1. The summed E-state index contributed by atoms with van der Waals surface area (Å²) >= 11 is 0. The van der Waals surface area contributed by atoms with Crippen LogP contribution in [-0.4, -0.2) is 53.8 Å². The summed E-state index contributed by atoms with van der Waals surface area (Å²) in [5.41, 5.74) is 0.818. The normalized spacial score (nSPS) is 38.3. The third kappa shape index (κ3) is 3.26. The maximum atomic E-state index is 10.4. The number of nitrogens with one attached hydrogen (secondary N) is 1. The van der Waals surface area contributed by atoms with Crippen molar-refractivity contribution in [2.24, 2.45) is 0 Å². The largest absolute Gasteiger partial charge is 0.387 e. The molecular formula is C16H23NO5. The summed E-state index contributed by atoms with van der Waals surface area (Å²) in [5.74, 6) is 0. The molecule has 6 atom stereocenters. The molecule has 0 radical (unpaired) electrons. The fraction of sp³-hybridized carbons (Fsp3) is 0.625. The molecule has 0 spiro atoms. The fourth-order valence-electron chi connectivity index (χ4n) is 2.86. The number of rotatable bonds is 4. The van der Waals surface area contributed by atoms with Crippen molar-refractivity contribution >= 4 is 5.69 Å². The first-order valence-electron chi connectivity index (χ1n) is 7.79. The molecule has 0 amide bonds. The Hall–Kier alpha value is -1.18. The average molecular weight is 309 g/mol. The number of anilines is 1. The van der Waals surface area contributed by atoms with Crippen LogP contribution in [-0.2, 0) is 14.2 Å². The number of hydrogen-bond acceptors (Lipinski definition) is 6. The SMILES string of the molecule is CCC[C@@H]1OC[C@@H]2O[C@@H](Nc3ccccc3)[C@@H](O)[C@@H](O)[C@@H]2O1. The minimum absolute atomic E-state index is 0.338. The van der Waals surface area contributed by atoms with Crippen LogP contribution < -0.4 is 5.32 Å². The zero-order valence-corrected chi connectivity index (χ0v) is 12.6. The smallest absolute Gasteiger partial charge is 0.158 e. The quantitative estimate of drug-likeness (QED) is 0.772. The van der Waals surface area contributed by atoms with Crippen LogP contribution in [0.5, 0.6) is 0 Å². The van der Waals surface area contributed by atoms with Crippen molar-refractivity contribution in [2.75, 3.05) is 11.9 Å². The number of para-hydroxylation sites is 1. The van der Waals surface area contributed by atoms with Crippen molar-refractivity contribution in [1.82, 2.24) is 0 Å². The number of aliphatic hydroxyl groups excluding tert-OH is 2. The number of hydrogen-bond donors (Lipinski definition) is 3. The van der Waals surface area contributed by atoms with Gasteiger partial charge in [0.05, 0.1) is 6.61 Å². The van der Waals surface area contributed by atoms with Gasteiger partial charge in [0.1, 0.15) is 24.4 Å². The van der Waals surface area contributed by atoms with Gasteiger partial charge in [0.25, 0.3) is 0 Å². The number of ether oxygens (including phenoxy) is 3. The fourth-order valence-corrected chi connectivity index (χ4v) is 2.86. The maximum absolute atomic E-state index is 10.4. The first-order chi connectivity index (χ1) is 10.7. The Labute approximate surface area is 130 Å². The second kappa shape index (κ2) is 6.93. The van der Waals surface area contributed by atoms with Crippen LogP contribution >= 0.6 is 0 Å². The molecule has 3 N–H and O–H groups in total. The Balaban J connectivity index is 1.66. The van der Waals surface area contributed by atoms with Crippen molar-refractivity contribution in [2.45, 2.75) is 56.7 Å². The van der Waals surface area contributed by atoms with Gasteiger partial charge in [0.15, 0.2) is 12.5 Å². The second-order valence-corrected chi connectivity index (χ2v) is 5.74. The van der Waals surface area contributed by atoms with Crippen LogP contribution in [0.2, 0.25) is 0 Å². The Bertz CT molecular complexity index is 469. The van der Waals surface area contributed by atoms with Crippen LogP contribution in [0.1, 0.15) is 19.8 Å². The van der Waals surface area contributed by atoms with Crippen LogP contribution in [0.3, 0.4) is 0 Å².